The van der Waals surface area contributed by atoms with Crippen molar-refractivity contribution in [2.45, 2.75) is 40.2 Å². The number of hydrogen-bond donors (Lipinski definition) is 2. The van der Waals surface area contributed by atoms with Gasteiger partial charge in [0.05, 0.1) is 5.60 Å². The summed E-state index contributed by atoms with van der Waals surface area (Å²) in [6.45, 7) is 9.72. The maximum absolute atomic E-state index is 9.35. The molecule has 74 valence electrons. The summed E-state index contributed by atoms with van der Waals surface area (Å²) in [6.07, 6.45) is 0. The van der Waals surface area contributed by atoms with E-state index in [-0.39, 0.29) is 5.41 Å². The van der Waals surface area contributed by atoms with Gasteiger partial charge in [-0.15, -0.1) is 0 Å². The fourth-order valence-corrected chi connectivity index (χ4v) is 0. The van der Waals surface area contributed by atoms with E-state index in [4.69, 9.17) is 9.90 Å². The molecule has 0 heterocycles. The van der Waals surface area contributed by atoms with Gasteiger partial charge in [-0.2, -0.15) is 0 Å². The molecule has 0 aromatic rings. The highest BCUT2D eigenvalue weighted by molar-refractivity contribution is 6.60. The number of halogens is 1. The van der Waals surface area contributed by atoms with Gasteiger partial charge in [0.1, 0.15) is 0 Å². The van der Waals surface area contributed by atoms with Crippen molar-refractivity contribution in [1.29, 1.82) is 0 Å². The van der Waals surface area contributed by atoms with Gasteiger partial charge in [-0.1, -0.05) is 20.8 Å². The molecule has 0 amide bonds. The molecule has 0 aliphatic heterocycles. The van der Waals surface area contributed by atoms with E-state index in [1.165, 1.54) is 0 Å². The minimum atomic E-state index is -1.36. The predicted molar refractivity (Wildman–Crippen MR) is 49.6 cm³/mol. The van der Waals surface area contributed by atoms with Crippen LogP contribution in [0.1, 0.15) is 34.6 Å². The van der Waals surface area contributed by atoms with E-state index in [9.17, 15) is 5.11 Å². The van der Waals surface area contributed by atoms with Crippen LogP contribution in [0.15, 0.2) is 0 Å². The van der Waals surface area contributed by atoms with Crippen LogP contribution < -0.4 is 0 Å². The number of aliphatic hydroxyl groups is 1. The fraction of sp³-hybridized carbons (Fsp3) is 0.875. The van der Waals surface area contributed by atoms with Crippen molar-refractivity contribution in [2.75, 3.05) is 0 Å². The largest absolute Gasteiger partial charge is 0.469 e. The second-order valence-corrected chi connectivity index (χ2v) is 4.39. The highest BCUT2D eigenvalue weighted by Crippen LogP contribution is 2.28. The summed E-state index contributed by atoms with van der Waals surface area (Å²) in [7, 11) is 0. The maximum atomic E-state index is 9.35. The molecule has 0 fully saturated rings. The molecule has 0 spiro atoms. The van der Waals surface area contributed by atoms with Crippen LogP contribution in [0.5, 0.6) is 0 Å². The van der Waals surface area contributed by atoms with Gasteiger partial charge in [-0.25, -0.2) is 4.79 Å². The first-order valence-electron chi connectivity index (χ1n) is 3.59. The van der Waals surface area contributed by atoms with Gasteiger partial charge in [0.25, 0.3) is 0 Å². The van der Waals surface area contributed by atoms with Crippen molar-refractivity contribution < 1.29 is 15.0 Å². The first-order valence-corrected chi connectivity index (χ1v) is 3.97. The van der Waals surface area contributed by atoms with Crippen molar-refractivity contribution in [3.8, 4) is 0 Å². The molecule has 0 bridgehead atoms. The van der Waals surface area contributed by atoms with Crippen molar-refractivity contribution >= 4 is 17.0 Å². The summed E-state index contributed by atoms with van der Waals surface area (Å²) >= 11 is 4.19. The lowest BCUT2D eigenvalue weighted by molar-refractivity contribution is -0.0238. The van der Waals surface area contributed by atoms with E-state index in [0.29, 0.717) is 0 Å². The fourth-order valence-electron chi connectivity index (χ4n) is 0. The van der Waals surface area contributed by atoms with Crippen LogP contribution in [0.25, 0.3) is 0 Å². The first-order chi connectivity index (χ1) is 4.98. The van der Waals surface area contributed by atoms with Gasteiger partial charge < -0.3 is 10.2 Å². The molecule has 0 saturated heterocycles. The third kappa shape index (κ3) is 9.72. The quantitative estimate of drug-likeness (QED) is 0.586. The molecule has 0 unspecified atom stereocenters. The Morgan fingerprint density at radius 2 is 1.25 bits per heavy atom. The summed E-state index contributed by atoms with van der Waals surface area (Å²) in [5.74, 6) is 0. The van der Waals surface area contributed by atoms with Gasteiger partial charge in [0.15, 0.2) is 0 Å². The normalized spacial score (nSPS) is 11.6. The lowest BCUT2D eigenvalue weighted by atomic mass is 9.79. The molecule has 3 nitrogen and oxygen atoms in total. The van der Waals surface area contributed by atoms with Gasteiger partial charge >= 0.3 is 5.43 Å². The van der Waals surface area contributed by atoms with Gasteiger partial charge in [-0.05, 0) is 19.3 Å². The zero-order valence-electron chi connectivity index (χ0n) is 8.18. The van der Waals surface area contributed by atoms with Crippen molar-refractivity contribution in [3.63, 3.8) is 0 Å². The Bertz CT molecular complexity index is 125. The lowest BCUT2D eigenvalue weighted by Gasteiger charge is -2.33. The van der Waals surface area contributed by atoms with E-state index >= 15 is 0 Å². The summed E-state index contributed by atoms with van der Waals surface area (Å²) in [5.41, 5.74) is -1.93. The van der Waals surface area contributed by atoms with E-state index in [0.717, 1.165) is 0 Å². The Balaban J connectivity index is 0. The van der Waals surface area contributed by atoms with Crippen molar-refractivity contribution in [3.05, 3.63) is 0 Å². The molecule has 0 aliphatic carbocycles. The SMILES string of the molecule is CC(C)(C)C(C)(C)O.O=C(O)Cl. The molecule has 0 aromatic heterocycles. The summed E-state index contributed by atoms with van der Waals surface area (Å²) in [5, 5.41) is 16.5. The number of hydrogen-bond acceptors (Lipinski definition) is 2. The minimum absolute atomic E-state index is 0.00694. The molecule has 0 radical (unpaired) electrons. The predicted octanol–water partition coefficient (Wildman–Crippen LogP) is 2.71. The Morgan fingerprint density at radius 1 is 1.17 bits per heavy atom. The molecule has 2 N–H and O–H groups in total. The Hall–Kier alpha value is -0.280. The third-order valence-electron chi connectivity index (χ3n) is 1.84. The van der Waals surface area contributed by atoms with Gasteiger partial charge in [-0.3, -0.25) is 0 Å². The molecular formula is C8H17ClO3. The highest BCUT2D eigenvalue weighted by atomic mass is 35.5. The topological polar surface area (TPSA) is 57.5 Å². The zero-order valence-corrected chi connectivity index (χ0v) is 8.94. The van der Waals surface area contributed by atoms with E-state index in [1.54, 1.807) is 0 Å². The average molecular weight is 197 g/mol. The van der Waals surface area contributed by atoms with Crippen LogP contribution in [-0.2, 0) is 0 Å². The average Bonchev–Trinajstić information content (AvgIpc) is 1.55. The molecule has 0 rings (SSSR count). The van der Waals surface area contributed by atoms with Crippen LogP contribution in [0.2, 0.25) is 0 Å². The van der Waals surface area contributed by atoms with Gasteiger partial charge in [0.2, 0.25) is 0 Å². The standard InChI is InChI=1S/C7H16O.CHClO2/c1-6(2,3)7(4,5)8;2-1(3)4/h8H,1-5H3;(H,3,4). The number of carboxylic acid groups (broad SMARTS) is 1. The third-order valence-corrected chi connectivity index (χ3v) is 1.84. The Kier molecular flexibility index (Phi) is 5.55. The molecule has 0 atom stereocenters. The van der Waals surface area contributed by atoms with Crippen LogP contribution in [0, 0.1) is 5.41 Å². The Morgan fingerprint density at radius 3 is 1.25 bits per heavy atom. The summed E-state index contributed by atoms with van der Waals surface area (Å²) in [6, 6.07) is 0. The van der Waals surface area contributed by atoms with Crippen molar-refractivity contribution in [2.24, 2.45) is 5.41 Å². The lowest BCUT2D eigenvalue weighted by Crippen LogP contribution is -2.35. The molecule has 0 aliphatic rings. The van der Waals surface area contributed by atoms with E-state index < -0.39 is 11.0 Å². The monoisotopic (exact) mass is 196 g/mol. The van der Waals surface area contributed by atoms with E-state index in [1.807, 2.05) is 34.6 Å². The van der Waals surface area contributed by atoms with Crippen LogP contribution in [0.3, 0.4) is 0 Å². The second kappa shape index (κ2) is 4.67. The number of rotatable bonds is 0. The van der Waals surface area contributed by atoms with Crippen LogP contribution in [0.4, 0.5) is 4.79 Å². The summed E-state index contributed by atoms with van der Waals surface area (Å²) < 4.78 is 0. The smallest absolute Gasteiger partial charge is 0.401 e. The molecule has 0 aromatic carbocycles. The maximum Gasteiger partial charge on any atom is 0.401 e. The molecular weight excluding hydrogens is 180 g/mol. The highest BCUT2D eigenvalue weighted by Gasteiger charge is 2.29. The zero-order chi connectivity index (χ0) is 10.6. The molecule has 0 saturated carbocycles. The molecule has 4 heteroatoms. The minimum Gasteiger partial charge on any atom is -0.469 e. The second-order valence-electron chi connectivity index (χ2n) is 4.06. The van der Waals surface area contributed by atoms with Crippen molar-refractivity contribution in [1.82, 2.24) is 0 Å². The van der Waals surface area contributed by atoms with E-state index in [2.05, 4.69) is 11.6 Å². The summed E-state index contributed by atoms with van der Waals surface area (Å²) in [4.78, 5) is 8.77. The molecule has 12 heavy (non-hydrogen) atoms. The Labute approximate surface area is 78.4 Å². The number of carbonyl (C=O) groups is 1. The van der Waals surface area contributed by atoms with Gasteiger partial charge in [0, 0.05) is 11.6 Å². The van der Waals surface area contributed by atoms with Crippen LogP contribution in [-0.4, -0.2) is 21.2 Å². The van der Waals surface area contributed by atoms with Crippen LogP contribution >= 0.6 is 11.6 Å². The first kappa shape index (κ1) is 14.3.